The lowest BCUT2D eigenvalue weighted by Gasteiger charge is -2.22. The van der Waals surface area contributed by atoms with Crippen molar-refractivity contribution in [2.75, 3.05) is 26.2 Å². The van der Waals surface area contributed by atoms with Crippen molar-refractivity contribution in [1.82, 2.24) is 10.6 Å². The number of carbonyl (C=O) groups excluding carboxylic acids is 1. The molecule has 1 aromatic carbocycles. The fourth-order valence-corrected chi connectivity index (χ4v) is 2.66. The fourth-order valence-electron chi connectivity index (χ4n) is 2.26. The maximum atomic E-state index is 11.7. The third-order valence-corrected chi connectivity index (χ3v) is 4.07. The summed E-state index contributed by atoms with van der Waals surface area (Å²) in [5.74, 6) is 1.40. The van der Waals surface area contributed by atoms with E-state index in [4.69, 9.17) is 4.74 Å². The number of piperidine rings is 1. The Labute approximate surface area is 128 Å². The third-order valence-electron chi connectivity index (χ3n) is 3.41. The quantitative estimate of drug-likeness (QED) is 0.835. The molecule has 0 radical (unpaired) electrons. The molecule has 1 heterocycles. The lowest BCUT2D eigenvalue weighted by atomic mass is 10.00. The van der Waals surface area contributed by atoms with Crippen LogP contribution in [-0.4, -0.2) is 32.1 Å². The summed E-state index contributed by atoms with van der Waals surface area (Å²) in [5.41, 5.74) is 0. The van der Waals surface area contributed by atoms with Crippen molar-refractivity contribution >= 4 is 21.8 Å². The Morgan fingerprint density at radius 1 is 1.45 bits per heavy atom. The molecule has 1 aromatic rings. The van der Waals surface area contributed by atoms with Gasteiger partial charge >= 0.3 is 0 Å². The number of hydrogen-bond donors (Lipinski definition) is 2. The molecule has 2 rings (SSSR count). The molecule has 0 bridgehead atoms. The SMILES string of the molecule is O=C(CCOc1ccccc1Br)NCC1CCCNC1. The van der Waals surface area contributed by atoms with Crippen molar-refractivity contribution in [3.05, 3.63) is 28.7 Å². The van der Waals surface area contributed by atoms with Gasteiger partial charge in [0.2, 0.25) is 5.91 Å². The minimum Gasteiger partial charge on any atom is -0.492 e. The van der Waals surface area contributed by atoms with E-state index in [-0.39, 0.29) is 5.91 Å². The van der Waals surface area contributed by atoms with E-state index in [0.29, 0.717) is 18.9 Å². The van der Waals surface area contributed by atoms with Gasteiger partial charge in [0, 0.05) is 6.54 Å². The maximum absolute atomic E-state index is 11.7. The van der Waals surface area contributed by atoms with Gasteiger partial charge in [-0.15, -0.1) is 0 Å². The molecule has 1 amide bonds. The van der Waals surface area contributed by atoms with Crippen LogP contribution in [0.3, 0.4) is 0 Å². The topological polar surface area (TPSA) is 50.4 Å². The van der Waals surface area contributed by atoms with Gasteiger partial charge in [0.05, 0.1) is 17.5 Å². The van der Waals surface area contributed by atoms with Gasteiger partial charge in [0.25, 0.3) is 0 Å². The summed E-state index contributed by atoms with van der Waals surface area (Å²) in [6.07, 6.45) is 2.79. The predicted molar refractivity (Wildman–Crippen MR) is 82.9 cm³/mol. The average Bonchev–Trinajstić information content (AvgIpc) is 2.48. The van der Waals surface area contributed by atoms with Gasteiger partial charge < -0.3 is 15.4 Å². The average molecular weight is 341 g/mol. The molecular formula is C15H21BrN2O2. The van der Waals surface area contributed by atoms with E-state index < -0.39 is 0 Å². The maximum Gasteiger partial charge on any atom is 0.223 e. The van der Waals surface area contributed by atoms with Crippen molar-refractivity contribution in [1.29, 1.82) is 0 Å². The molecule has 0 aromatic heterocycles. The standard InChI is InChI=1S/C15H21BrN2O2/c16-13-5-1-2-6-14(13)20-9-7-15(19)18-11-12-4-3-8-17-10-12/h1-2,5-6,12,17H,3-4,7-11H2,(H,18,19). The normalized spacial score (nSPS) is 18.6. The van der Waals surface area contributed by atoms with Gasteiger partial charge in [-0.1, -0.05) is 12.1 Å². The summed E-state index contributed by atoms with van der Waals surface area (Å²) in [5, 5.41) is 6.33. The number of rotatable bonds is 6. The molecule has 5 heteroatoms. The number of hydrogen-bond acceptors (Lipinski definition) is 3. The lowest BCUT2D eigenvalue weighted by molar-refractivity contribution is -0.121. The van der Waals surface area contributed by atoms with Gasteiger partial charge in [-0.3, -0.25) is 4.79 Å². The third kappa shape index (κ3) is 5.13. The van der Waals surface area contributed by atoms with E-state index in [0.717, 1.165) is 29.9 Å². The molecule has 0 spiro atoms. The smallest absolute Gasteiger partial charge is 0.223 e. The minimum atomic E-state index is 0.0580. The molecule has 1 aliphatic heterocycles. The highest BCUT2D eigenvalue weighted by Gasteiger charge is 2.13. The van der Waals surface area contributed by atoms with E-state index in [9.17, 15) is 4.79 Å². The number of benzene rings is 1. The Balaban J connectivity index is 1.61. The highest BCUT2D eigenvalue weighted by Crippen LogP contribution is 2.23. The summed E-state index contributed by atoms with van der Waals surface area (Å²) in [6, 6.07) is 7.65. The van der Waals surface area contributed by atoms with Crippen LogP contribution in [-0.2, 0) is 4.79 Å². The number of para-hydroxylation sites is 1. The van der Waals surface area contributed by atoms with Crippen LogP contribution in [0.1, 0.15) is 19.3 Å². The second kappa shape index (κ2) is 8.27. The molecule has 110 valence electrons. The van der Waals surface area contributed by atoms with Crippen LogP contribution in [0.25, 0.3) is 0 Å². The molecule has 1 saturated heterocycles. The van der Waals surface area contributed by atoms with Gasteiger partial charge in [0.1, 0.15) is 5.75 Å². The van der Waals surface area contributed by atoms with Gasteiger partial charge in [-0.25, -0.2) is 0 Å². The Morgan fingerprint density at radius 3 is 3.05 bits per heavy atom. The number of nitrogens with one attached hydrogen (secondary N) is 2. The van der Waals surface area contributed by atoms with Crippen molar-refractivity contribution in [3.8, 4) is 5.75 Å². The van der Waals surface area contributed by atoms with Crippen LogP contribution >= 0.6 is 15.9 Å². The monoisotopic (exact) mass is 340 g/mol. The van der Waals surface area contributed by atoms with E-state index >= 15 is 0 Å². The number of ether oxygens (including phenoxy) is 1. The van der Waals surface area contributed by atoms with E-state index in [1.807, 2.05) is 24.3 Å². The van der Waals surface area contributed by atoms with E-state index in [1.54, 1.807) is 0 Å². The van der Waals surface area contributed by atoms with Crippen LogP contribution in [0.5, 0.6) is 5.75 Å². The van der Waals surface area contributed by atoms with Crippen LogP contribution in [0, 0.1) is 5.92 Å². The lowest BCUT2D eigenvalue weighted by Crippen LogP contribution is -2.38. The zero-order chi connectivity index (χ0) is 14.2. The van der Waals surface area contributed by atoms with Crippen LogP contribution in [0.2, 0.25) is 0 Å². The number of halogens is 1. The van der Waals surface area contributed by atoms with E-state index in [1.165, 1.54) is 12.8 Å². The zero-order valence-corrected chi connectivity index (χ0v) is 13.1. The second-order valence-electron chi connectivity index (χ2n) is 5.05. The summed E-state index contributed by atoms with van der Waals surface area (Å²) in [7, 11) is 0. The second-order valence-corrected chi connectivity index (χ2v) is 5.90. The molecule has 1 fully saturated rings. The Morgan fingerprint density at radius 2 is 2.30 bits per heavy atom. The zero-order valence-electron chi connectivity index (χ0n) is 11.5. The Bertz CT molecular complexity index is 434. The molecule has 1 aliphatic rings. The molecule has 4 nitrogen and oxygen atoms in total. The van der Waals surface area contributed by atoms with Gasteiger partial charge in [0.15, 0.2) is 0 Å². The molecule has 0 saturated carbocycles. The fraction of sp³-hybridized carbons (Fsp3) is 0.533. The van der Waals surface area contributed by atoms with Gasteiger partial charge in [-0.05, 0) is 59.9 Å². The van der Waals surface area contributed by atoms with Crippen LogP contribution < -0.4 is 15.4 Å². The summed E-state index contributed by atoms with van der Waals surface area (Å²) < 4.78 is 6.49. The largest absolute Gasteiger partial charge is 0.492 e. The molecule has 1 unspecified atom stereocenters. The highest BCUT2D eigenvalue weighted by molar-refractivity contribution is 9.10. The molecule has 1 atom stereocenters. The van der Waals surface area contributed by atoms with E-state index in [2.05, 4.69) is 26.6 Å². The first-order valence-corrected chi connectivity index (χ1v) is 7.90. The Kier molecular flexibility index (Phi) is 6.33. The first kappa shape index (κ1) is 15.3. The van der Waals surface area contributed by atoms with Crippen molar-refractivity contribution in [2.45, 2.75) is 19.3 Å². The summed E-state index contributed by atoms with van der Waals surface area (Å²) >= 11 is 3.41. The molecule has 2 N–H and O–H groups in total. The first-order chi connectivity index (χ1) is 9.75. The summed E-state index contributed by atoms with van der Waals surface area (Å²) in [4.78, 5) is 11.7. The highest BCUT2D eigenvalue weighted by atomic mass is 79.9. The van der Waals surface area contributed by atoms with Gasteiger partial charge in [-0.2, -0.15) is 0 Å². The van der Waals surface area contributed by atoms with Crippen LogP contribution in [0.4, 0.5) is 0 Å². The van der Waals surface area contributed by atoms with Crippen molar-refractivity contribution < 1.29 is 9.53 Å². The predicted octanol–water partition coefficient (Wildman–Crippen LogP) is 2.33. The summed E-state index contributed by atoms with van der Waals surface area (Å²) in [6.45, 7) is 3.27. The van der Waals surface area contributed by atoms with Crippen molar-refractivity contribution in [2.24, 2.45) is 5.92 Å². The van der Waals surface area contributed by atoms with Crippen LogP contribution in [0.15, 0.2) is 28.7 Å². The number of amides is 1. The molecule has 0 aliphatic carbocycles. The van der Waals surface area contributed by atoms with Crippen molar-refractivity contribution in [3.63, 3.8) is 0 Å². The molecular weight excluding hydrogens is 320 g/mol. The minimum absolute atomic E-state index is 0.0580. The number of carbonyl (C=O) groups is 1. The Hall–Kier alpha value is -1.07. The first-order valence-electron chi connectivity index (χ1n) is 7.10. The molecule has 20 heavy (non-hydrogen) atoms.